The Balaban J connectivity index is 3.12. The first kappa shape index (κ1) is 16.3. The van der Waals surface area contributed by atoms with Crippen LogP contribution in [0.25, 0.3) is 0 Å². The number of aliphatic hydroxyl groups is 1. The van der Waals surface area contributed by atoms with Crippen molar-refractivity contribution in [1.29, 1.82) is 0 Å². The van der Waals surface area contributed by atoms with Gasteiger partial charge in [0.25, 0.3) is 0 Å². The van der Waals surface area contributed by atoms with Crippen molar-refractivity contribution in [3.8, 4) is 11.5 Å². The van der Waals surface area contributed by atoms with E-state index in [0.717, 1.165) is 16.5 Å². The molecular weight excluding hydrogens is 310 g/mol. The zero-order chi connectivity index (χ0) is 14.6. The largest absolute Gasteiger partial charge is 0.495 e. The molecule has 3 atom stereocenters. The third kappa shape index (κ3) is 3.61. The molecule has 0 amide bonds. The van der Waals surface area contributed by atoms with E-state index in [1.807, 2.05) is 26.0 Å². The predicted octanol–water partition coefficient (Wildman–Crippen LogP) is 2.87. The fraction of sp³-hybridized carbons (Fsp3) is 0.571. The molecule has 0 heterocycles. The molecule has 0 aromatic heterocycles. The van der Waals surface area contributed by atoms with E-state index in [-0.39, 0.29) is 5.92 Å². The number of methoxy groups -OCH3 is 2. The molecule has 108 valence electrons. The Hall–Kier alpha value is -0.780. The summed E-state index contributed by atoms with van der Waals surface area (Å²) in [4.78, 5) is 0. The summed E-state index contributed by atoms with van der Waals surface area (Å²) in [5.41, 5.74) is 6.93. The minimum atomic E-state index is -0.597. The van der Waals surface area contributed by atoms with E-state index in [0.29, 0.717) is 11.5 Å². The van der Waals surface area contributed by atoms with Crippen molar-refractivity contribution in [1.82, 2.24) is 0 Å². The van der Waals surface area contributed by atoms with Gasteiger partial charge in [0.05, 0.1) is 26.4 Å². The monoisotopic (exact) mass is 331 g/mol. The molecule has 0 fully saturated rings. The van der Waals surface area contributed by atoms with Gasteiger partial charge in [0.15, 0.2) is 0 Å². The highest BCUT2D eigenvalue weighted by Crippen LogP contribution is 2.38. The van der Waals surface area contributed by atoms with Crippen molar-refractivity contribution < 1.29 is 14.6 Å². The molecule has 0 aliphatic heterocycles. The van der Waals surface area contributed by atoms with Crippen molar-refractivity contribution in [3.63, 3.8) is 0 Å². The number of aliphatic hydroxyl groups excluding tert-OH is 1. The van der Waals surface area contributed by atoms with Gasteiger partial charge in [0, 0.05) is 0 Å². The molecule has 0 aliphatic carbocycles. The minimum Gasteiger partial charge on any atom is -0.495 e. The van der Waals surface area contributed by atoms with Crippen LogP contribution < -0.4 is 15.2 Å². The van der Waals surface area contributed by atoms with Crippen molar-refractivity contribution in [2.75, 3.05) is 14.2 Å². The molecule has 1 rings (SSSR count). The Bertz CT molecular complexity index is 400. The van der Waals surface area contributed by atoms with Gasteiger partial charge in [-0.05, 0) is 39.5 Å². The zero-order valence-corrected chi connectivity index (χ0v) is 13.4. The fourth-order valence-electron chi connectivity index (χ4n) is 1.87. The van der Waals surface area contributed by atoms with Crippen LogP contribution >= 0.6 is 15.9 Å². The molecule has 0 aliphatic rings. The number of ether oxygens (including phenoxy) is 2. The van der Waals surface area contributed by atoms with E-state index in [1.54, 1.807) is 14.2 Å². The average Bonchev–Trinajstić information content (AvgIpc) is 2.44. The summed E-state index contributed by atoms with van der Waals surface area (Å²) in [5, 5.41) is 10.2. The van der Waals surface area contributed by atoms with Gasteiger partial charge in [-0.2, -0.15) is 0 Å². The summed E-state index contributed by atoms with van der Waals surface area (Å²) in [5.74, 6) is 1.41. The minimum absolute atomic E-state index is 0.135. The Morgan fingerprint density at radius 1 is 1.26 bits per heavy atom. The van der Waals surface area contributed by atoms with E-state index in [1.165, 1.54) is 0 Å². The number of hydrogen-bond donors (Lipinski definition) is 2. The summed E-state index contributed by atoms with van der Waals surface area (Å²) < 4.78 is 11.3. The quantitative estimate of drug-likeness (QED) is 0.841. The van der Waals surface area contributed by atoms with Crippen LogP contribution in [0.2, 0.25) is 0 Å². The second-order valence-electron chi connectivity index (χ2n) is 4.64. The second kappa shape index (κ2) is 7.12. The van der Waals surface area contributed by atoms with Crippen LogP contribution in [-0.4, -0.2) is 25.4 Å². The summed E-state index contributed by atoms with van der Waals surface area (Å²) in [7, 11) is 3.17. The number of benzene rings is 1. The Labute approximate surface area is 123 Å². The molecule has 4 nitrogen and oxygen atoms in total. The van der Waals surface area contributed by atoms with Gasteiger partial charge < -0.3 is 20.3 Å². The van der Waals surface area contributed by atoms with E-state index >= 15 is 0 Å². The fourth-order valence-corrected chi connectivity index (χ4v) is 2.43. The van der Waals surface area contributed by atoms with Crippen LogP contribution in [0.3, 0.4) is 0 Å². The summed E-state index contributed by atoms with van der Waals surface area (Å²) >= 11 is 3.41. The average molecular weight is 332 g/mol. The van der Waals surface area contributed by atoms with Crippen LogP contribution in [0, 0.1) is 5.92 Å². The molecule has 1 aromatic carbocycles. The maximum absolute atomic E-state index is 10.2. The second-order valence-corrected chi connectivity index (χ2v) is 5.43. The Kier molecular flexibility index (Phi) is 6.10. The van der Waals surface area contributed by atoms with Crippen molar-refractivity contribution in [2.45, 2.75) is 32.4 Å². The summed E-state index contributed by atoms with van der Waals surface area (Å²) in [6.07, 6.45) is 0.278. The van der Waals surface area contributed by atoms with E-state index in [4.69, 9.17) is 15.2 Å². The van der Waals surface area contributed by atoms with E-state index < -0.39 is 12.1 Å². The molecule has 5 heteroatoms. The van der Waals surface area contributed by atoms with Gasteiger partial charge in [-0.1, -0.05) is 20.3 Å². The van der Waals surface area contributed by atoms with E-state index in [2.05, 4.69) is 15.9 Å². The molecule has 0 saturated heterocycles. The number of hydrogen-bond acceptors (Lipinski definition) is 4. The first-order valence-electron chi connectivity index (χ1n) is 6.31. The van der Waals surface area contributed by atoms with Gasteiger partial charge in [-0.15, -0.1) is 0 Å². The molecular formula is C14H22BrNO3. The number of halogens is 1. The molecule has 0 radical (unpaired) electrons. The third-order valence-electron chi connectivity index (χ3n) is 3.45. The molecule has 19 heavy (non-hydrogen) atoms. The first-order chi connectivity index (χ1) is 8.96. The standard InChI is InChI=1S/C14H22BrNO3/c1-5-8(2)14(17)13(16)9-6-10(18-3)12(15)11(7-9)19-4/h6-8,13-14,17H,5,16H2,1-4H3/t8?,13-,14+/m1/s1. The van der Waals surface area contributed by atoms with Gasteiger partial charge in [-0.3, -0.25) is 0 Å². The number of rotatable bonds is 6. The topological polar surface area (TPSA) is 64.7 Å². The molecule has 1 aromatic rings. The maximum Gasteiger partial charge on any atom is 0.137 e. The third-order valence-corrected chi connectivity index (χ3v) is 4.23. The van der Waals surface area contributed by atoms with Crippen LogP contribution in [0.15, 0.2) is 16.6 Å². The first-order valence-corrected chi connectivity index (χ1v) is 7.10. The highest BCUT2D eigenvalue weighted by molar-refractivity contribution is 9.10. The lowest BCUT2D eigenvalue weighted by Gasteiger charge is -2.25. The van der Waals surface area contributed by atoms with Crippen molar-refractivity contribution in [3.05, 3.63) is 22.2 Å². The van der Waals surface area contributed by atoms with Crippen LogP contribution in [0.4, 0.5) is 0 Å². The normalized spacial score (nSPS) is 15.7. The van der Waals surface area contributed by atoms with Gasteiger partial charge in [0.2, 0.25) is 0 Å². The zero-order valence-electron chi connectivity index (χ0n) is 11.8. The summed E-state index contributed by atoms with van der Waals surface area (Å²) in [6, 6.07) is 3.18. The molecule has 0 saturated carbocycles. The van der Waals surface area contributed by atoms with Gasteiger partial charge in [-0.25, -0.2) is 0 Å². The lowest BCUT2D eigenvalue weighted by atomic mass is 9.91. The van der Waals surface area contributed by atoms with Gasteiger partial charge >= 0.3 is 0 Å². The van der Waals surface area contributed by atoms with Crippen LogP contribution in [-0.2, 0) is 0 Å². The van der Waals surface area contributed by atoms with Crippen LogP contribution in [0.5, 0.6) is 11.5 Å². The highest BCUT2D eigenvalue weighted by Gasteiger charge is 2.24. The maximum atomic E-state index is 10.2. The Morgan fingerprint density at radius 3 is 2.11 bits per heavy atom. The SMILES string of the molecule is CCC(C)[C@H](O)[C@H](N)c1cc(OC)c(Br)c(OC)c1. The lowest BCUT2D eigenvalue weighted by molar-refractivity contribution is 0.0878. The van der Waals surface area contributed by atoms with Crippen LogP contribution in [0.1, 0.15) is 31.9 Å². The molecule has 1 unspecified atom stereocenters. The molecule has 0 spiro atoms. The lowest BCUT2D eigenvalue weighted by Crippen LogP contribution is -2.31. The predicted molar refractivity (Wildman–Crippen MR) is 79.6 cm³/mol. The Morgan fingerprint density at radius 2 is 1.74 bits per heavy atom. The summed E-state index contributed by atoms with van der Waals surface area (Å²) in [6.45, 7) is 4.02. The number of nitrogens with two attached hydrogens (primary N) is 1. The van der Waals surface area contributed by atoms with E-state index in [9.17, 15) is 5.11 Å². The van der Waals surface area contributed by atoms with Gasteiger partial charge in [0.1, 0.15) is 16.0 Å². The van der Waals surface area contributed by atoms with Crippen molar-refractivity contribution >= 4 is 15.9 Å². The smallest absolute Gasteiger partial charge is 0.137 e. The molecule has 0 bridgehead atoms. The highest BCUT2D eigenvalue weighted by atomic mass is 79.9. The molecule has 3 N–H and O–H groups in total. The van der Waals surface area contributed by atoms with Crippen molar-refractivity contribution in [2.24, 2.45) is 11.7 Å².